The highest BCUT2D eigenvalue weighted by Crippen LogP contribution is 2.35. The molecule has 122 valence electrons. The van der Waals surface area contributed by atoms with E-state index in [2.05, 4.69) is 24.0 Å². The molecule has 1 saturated heterocycles. The first kappa shape index (κ1) is 16.8. The van der Waals surface area contributed by atoms with E-state index in [9.17, 15) is 4.79 Å². The summed E-state index contributed by atoms with van der Waals surface area (Å²) in [5.41, 5.74) is 1.23. The normalized spacial score (nSPS) is 18.1. The highest BCUT2D eigenvalue weighted by molar-refractivity contribution is 5.70. The fraction of sp³-hybridized carbons (Fsp3) is 0.611. The maximum absolute atomic E-state index is 11.1. The number of rotatable bonds is 7. The van der Waals surface area contributed by atoms with E-state index in [0.29, 0.717) is 6.04 Å². The standard InChI is InChI=1S/C18H27NO3/c1-3-4-8-16(15-7-5-6-9-17(15)22-2)19-12-10-14(11-13-19)18(20)21/h5-7,9,14,16H,3-4,8,10-13H2,1-2H3,(H,20,21). The molecule has 2 rings (SSSR count). The van der Waals surface area contributed by atoms with Crippen LogP contribution in [0.1, 0.15) is 50.6 Å². The summed E-state index contributed by atoms with van der Waals surface area (Å²) in [5.74, 6) is 0.103. The van der Waals surface area contributed by atoms with Gasteiger partial charge in [0.25, 0.3) is 0 Å². The Morgan fingerprint density at radius 2 is 2.05 bits per heavy atom. The van der Waals surface area contributed by atoms with Gasteiger partial charge >= 0.3 is 5.97 Å². The van der Waals surface area contributed by atoms with Gasteiger partial charge in [0.2, 0.25) is 0 Å². The first-order valence-corrected chi connectivity index (χ1v) is 8.27. The average molecular weight is 305 g/mol. The number of carboxylic acids is 1. The Morgan fingerprint density at radius 3 is 2.64 bits per heavy atom. The summed E-state index contributed by atoms with van der Waals surface area (Å²) in [5, 5.41) is 9.17. The SMILES string of the molecule is CCCCC(c1ccccc1OC)N1CCC(C(=O)O)CC1. The molecular weight excluding hydrogens is 278 g/mol. The molecule has 22 heavy (non-hydrogen) atoms. The lowest BCUT2D eigenvalue weighted by molar-refractivity contribution is -0.143. The lowest BCUT2D eigenvalue weighted by Gasteiger charge is -2.37. The number of unbranched alkanes of at least 4 members (excludes halogenated alkanes) is 1. The van der Waals surface area contributed by atoms with E-state index in [1.165, 1.54) is 12.0 Å². The van der Waals surface area contributed by atoms with Crippen LogP contribution in [0.25, 0.3) is 0 Å². The first-order chi connectivity index (χ1) is 10.7. The summed E-state index contributed by atoms with van der Waals surface area (Å²) in [4.78, 5) is 13.6. The number of carboxylic acid groups (broad SMARTS) is 1. The number of carbonyl (C=O) groups is 1. The molecule has 1 aromatic rings. The number of nitrogens with zero attached hydrogens (tertiary/aromatic N) is 1. The van der Waals surface area contributed by atoms with Crippen LogP contribution in [0.2, 0.25) is 0 Å². The third kappa shape index (κ3) is 4.01. The van der Waals surface area contributed by atoms with Crippen molar-refractivity contribution in [3.05, 3.63) is 29.8 Å². The quantitative estimate of drug-likeness (QED) is 0.834. The summed E-state index contributed by atoms with van der Waals surface area (Å²) in [6, 6.07) is 8.53. The van der Waals surface area contributed by atoms with Gasteiger partial charge in [-0.15, -0.1) is 0 Å². The van der Waals surface area contributed by atoms with Crippen molar-refractivity contribution >= 4 is 5.97 Å². The van der Waals surface area contributed by atoms with E-state index in [4.69, 9.17) is 9.84 Å². The number of para-hydroxylation sites is 1. The van der Waals surface area contributed by atoms with E-state index in [-0.39, 0.29) is 5.92 Å². The topological polar surface area (TPSA) is 49.8 Å². The van der Waals surface area contributed by atoms with Crippen LogP contribution in [0.4, 0.5) is 0 Å². The molecule has 0 spiro atoms. The van der Waals surface area contributed by atoms with Gasteiger partial charge in [-0.05, 0) is 38.4 Å². The second-order valence-electron chi connectivity index (χ2n) is 6.05. The number of likely N-dealkylation sites (tertiary alicyclic amines) is 1. The predicted molar refractivity (Wildman–Crippen MR) is 87.2 cm³/mol. The van der Waals surface area contributed by atoms with Crippen LogP contribution in [-0.4, -0.2) is 36.2 Å². The van der Waals surface area contributed by atoms with Gasteiger partial charge < -0.3 is 9.84 Å². The van der Waals surface area contributed by atoms with Crippen molar-refractivity contribution in [1.29, 1.82) is 0 Å². The summed E-state index contributed by atoms with van der Waals surface area (Å²) >= 11 is 0. The molecule has 0 aromatic heterocycles. The number of piperidine rings is 1. The molecule has 1 aliphatic rings. The molecule has 0 bridgehead atoms. The van der Waals surface area contributed by atoms with Gasteiger partial charge in [-0.25, -0.2) is 0 Å². The number of methoxy groups -OCH3 is 1. The number of benzene rings is 1. The van der Waals surface area contributed by atoms with Crippen molar-refractivity contribution in [2.75, 3.05) is 20.2 Å². The monoisotopic (exact) mass is 305 g/mol. The van der Waals surface area contributed by atoms with Gasteiger partial charge in [0, 0.05) is 11.6 Å². The zero-order valence-corrected chi connectivity index (χ0v) is 13.6. The highest BCUT2D eigenvalue weighted by Gasteiger charge is 2.30. The van der Waals surface area contributed by atoms with Crippen molar-refractivity contribution in [2.24, 2.45) is 5.92 Å². The van der Waals surface area contributed by atoms with Crippen LogP contribution >= 0.6 is 0 Å². The molecule has 0 amide bonds. The largest absolute Gasteiger partial charge is 0.496 e. The fourth-order valence-corrected chi connectivity index (χ4v) is 3.33. The van der Waals surface area contributed by atoms with E-state index in [1.807, 2.05) is 12.1 Å². The molecule has 0 radical (unpaired) electrons. The molecule has 1 unspecified atom stereocenters. The Bertz CT molecular complexity index is 481. The van der Waals surface area contributed by atoms with Gasteiger partial charge in [-0.1, -0.05) is 38.0 Å². The van der Waals surface area contributed by atoms with E-state index in [0.717, 1.165) is 44.5 Å². The Labute approximate surface area is 133 Å². The molecule has 1 aliphatic heterocycles. The van der Waals surface area contributed by atoms with Crippen molar-refractivity contribution < 1.29 is 14.6 Å². The zero-order chi connectivity index (χ0) is 15.9. The van der Waals surface area contributed by atoms with Crippen LogP contribution in [-0.2, 0) is 4.79 Å². The first-order valence-electron chi connectivity index (χ1n) is 8.27. The molecule has 0 aliphatic carbocycles. The van der Waals surface area contributed by atoms with Gasteiger partial charge in [0.05, 0.1) is 13.0 Å². The number of hydrogen-bond acceptors (Lipinski definition) is 3. The molecule has 1 atom stereocenters. The van der Waals surface area contributed by atoms with Crippen molar-refractivity contribution in [2.45, 2.75) is 45.1 Å². The fourth-order valence-electron chi connectivity index (χ4n) is 3.33. The third-order valence-electron chi connectivity index (χ3n) is 4.65. The van der Waals surface area contributed by atoms with Crippen LogP contribution in [0.15, 0.2) is 24.3 Å². The zero-order valence-electron chi connectivity index (χ0n) is 13.6. The predicted octanol–water partition coefficient (Wildman–Crippen LogP) is 3.72. The lowest BCUT2D eigenvalue weighted by Crippen LogP contribution is -2.39. The Morgan fingerprint density at radius 1 is 1.36 bits per heavy atom. The molecule has 0 saturated carbocycles. The number of ether oxygens (including phenoxy) is 1. The molecule has 4 heteroatoms. The maximum atomic E-state index is 11.1. The number of aliphatic carboxylic acids is 1. The van der Waals surface area contributed by atoms with Crippen molar-refractivity contribution in [3.63, 3.8) is 0 Å². The molecular formula is C18H27NO3. The summed E-state index contributed by atoms with van der Waals surface area (Å²) in [6.07, 6.45) is 4.91. The second-order valence-corrected chi connectivity index (χ2v) is 6.05. The van der Waals surface area contributed by atoms with E-state index >= 15 is 0 Å². The minimum atomic E-state index is -0.651. The van der Waals surface area contributed by atoms with Gasteiger partial charge in [0.1, 0.15) is 5.75 Å². The van der Waals surface area contributed by atoms with Gasteiger partial charge in [-0.3, -0.25) is 9.69 Å². The van der Waals surface area contributed by atoms with Gasteiger partial charge in [-0.2, -0.15) is 0 Å². The van der Waals surface area contributed by atoms with Crippen LogP contribution in [0.3, 0.4) is 0 Å². The Hall–Kier alpha value is -1.55. The summed E-state index contributed by atoms with van der Waals surface area (Å²) < 4.78 is 5.54. The minimum absolute atomic E-state index is 0.180. The van der Waals surface area contributed by atoms with Crippen LogP contribution < -0.4 is 4.74 Å². The minimum Gasteiger partial charge on any atom is -0.496 e. The molecule has 1 aromatic carbocycles. The smallest absolute Gasteiger partial charge is 0.306 e. The average Bonchev–Trinajstić information content (AvgIpc) is 2.56. The highest BCUT2D eigenvalue weighted by atomic mass is 16.5. The van der Waals surface area contributed by atoms with E-state index < -0.39 is 5.97 Å². The summed E-state index contributed by atoms with van der Waals surface area (Å²) in [7, 11) is 1.71. The maximum Gasteiger partial charge on any atom is 0.306 e. The lowest BCUT2D eigenvalue weighted by atomic mass is 9.92. The Balaban J connectivity index is 2.14. The molecule has 1 N–H and O–H groups in total. The van der Waals surface area contributed by atoms with E-state index in [1.54, 1.807) is 7.11 Å². The van der Waals surface area contributed by atoms with Crippen LogP contribution in [0.5, 0.6) is 5.75 Å². The molecule has 4 nitrogen and oxygen atoms in total. The number of hydrogen-bond donors (Lipinski definition) is 1. The van der Waals surface area contributed by atoms with Gasteiger partial charge in [0.15, 0.2) is 0 Å². The van der Waals surface area contributed by atoms with Crippen molar-refractivity contribution in [3.8, 4) is 5.75 Å². The third-order valence-corrected chi connectivity index (χ3v) is 4.65. The Kier molecular flexibility index (Phi) is 6.25. The second kappa shape index (κ2) is 8.18. The molecule has 1 heterocycles. The summed E-state index contributed by atoms with van der Waals surface area (Å²) in [6.45, 7) is 3.91. The van der Waals surface area contributed by atoms with Crippen molar-refractivity contribution in [1.82, 2.24) is 4.90 Å². The van der Waals surface area contributed by atoms with Crippen LogP contribution in [0, 0.1) is 5.92 Å². The molecule has 1 fully saturated rings.